The lowest BCUT2D eigenvalue weighted by molar-refractivity contribution is -0.169. The smallest absolute Gasteiger partial charge is 0.324 e. The Hall–Kier alpha value is -1.16. The molecule has 0 aromatic carbocycles. The molecule has 2 bridgehead atoms. The molecule has 0 radical (unpaired) electrons. The van der Waals surface area contributed by atoms with Crippen molar-refractivity contribution in [2.75, 3.05) is 0 Å². The third kappa shape index (κ3) is 0.557. The van der Waals surface area contributed by atoms with Crippen molar-refractivity contribution in [1.82, 2.24) is 0 Å². The first-order valence-electron chi connectivity index (χ1n) is 5.64. The van der Waals surface area contributed by atoms with Gasteiger partial charge in [0.05, 0.1) is 18.1 Å². The first-order valence-corrected chi connectivity index (χ1v) is 5.64. The van der Waals surface area contributed by atoms with Crippen LogP contribution in [0.5, 0.6) is 0 Å². The normalized spacial score (nSPS) is 60.6. The van der Waals surface area contributed by atoms with Gasteiger partial charge in [-0.15, -0.1) is 0 Å². The van der Waals surface area contributed by atoms with Crippen LogP contribution in [0.3, 0.4) is 0 Å². The lowest BCUT2D eigenvalue weighted by Gasteiger charge is -2.37. The van der Waals surface area contributed by atoms with Crippen LogP contribution in [0.4, 0.5) is 0 Å². The van der Waals surface area contributed by atoms with Crippen molar-refractivity contribution in [2.24, 2.45) is 22.7 Å². The number of ether oxygens (including phenoxy) is 2. The molecule has 84 valence electrons. The van der Waals surface area contributed by atoms with E-state index in [4.69, 9.17) is 9.47 Å². The summed E-state index contributed by atoms with van der Waals surface area (Å²) in [6, 6.07) is 0. The molecule has 3 aliphatic heterocycles. The fourth-order valence-corrected chi connectivity index (χ4v) is 4.26. The minimum Gasteiger partial charge on any atom is -0.392 e. The molecule has 0 aromatic rings. The molecule has 6 atom stereocenters. The number of hydrogen-bond acceptors (Lipinski definition) is 4. The van der Waals surface area contributed by atoms with Crippen LogP contribution in [0.25, 0.3) is 0 Å². The van der Waals surface area contributed by atoms with Gasteiger partial charge in [-0.3, -0.25) is 9.59 Å². The number of carbonyl (C=O) groups is 2. The highest BCUT2D eigenvalue weighted by Gasteiger charge is 2.92. The van der Waals surface area contributed by atoms with Gasteiger partial charge in [0.15, 0.2) is 0 Å². The van der Waals surface area contributed by atoms with Crippen LogP contribution < -0.4 is 0 Å². The number of esters is 2. The molecule has 16 heavy (non-hydrogen) atoms. The van der Waals surface area contributed by atoms with Gasteiger partial charge in [-0.2, -0.15) is 0 Å². The van der Waals surface area contributed by atoms with Crippen molar-refractivity contribution < 1.29 is 19.1 Å². The van der Waals surface area contributed by atoms with Gasteiger partial charge < -0.3 is 9.47 Å². The fraction of sp³-hybridized carbons (Fsp3) is 0.667. The molecule has 1 saturated carbocycles. The Bertz CT molecular complexity index is 468. The summed E-state index contributed by atoms with van der Waals surface area (Å²) in [7, 11) is 0. The Kier molecular flexibility index (Phi) is 1.18. The van der Waals surface area contributed by atoms with E-state index in [2.05, 4.69) is 6.92 Å². The van der Waals surface area contributed by atoms with Gasteiger partial charge in [-0.1, -0.05) is 26.0 Å². The second-order valence-electron chi connectivity index (χ2n) is 5.49. The van der Waals surface area contributed by atoms with Gasteiger partial charge in [0.25, 0.3) is 0 Å². The van der Waals surface area contributed by atoms with E-state index in [1.807, 2.05) is 19.1 Å². The summed E-state index contributed by atoms with van der Waals surface area (Å²) in [6.07, 6.45) is 3.72. The molecule has 1 spiro atoms. The van der Waals surface area contributed by atoms with Crippen LogP contribution in [-0.4, -0.2) is 24.1 Å². The van der Waals surface area contributed by atoms with Crippen molar-refractivity contribution in [3.63, 3.8) is 0 Å². The molecule has 4 aliphatic rings. The second kappa shape index (κ2) is 2.12. The molecule has 3 heterocycles. The highest BCUT2D eigenvalue weighted by molar-refractivity contribution is 6.07. The second-order valence-corrected chi connectivity index (χ2v) is 5.49. The maximum absolute atomic E-state index is 12.0. The highest BCUT2D eigenvalue weighted by atomic mass is 16.6. The molecule has 2 saturated heterocycles. The summed E-state index contributed by atoms with van der Waals surface area (Å²) in [5.74, 6) is -0.845. The Morgan fingerprint density at radius 3 is 2.81 bits per heavy atom. The number of cyclic esters (lactones) is 2. The van der Waals surface area contributed by atoms with Gasteiger partial charge in [-0.25, -0.2) is 0 Å². The van der Waals surface area contributed by atoms with Crippen molar-refractivity contribution in [2.45, 2.75) is 26.1 Å². The monoisotopic (exact) mass is 220 g/mol. The Morgan fingerprint density at radius 1 is 1.31 bits per heavy atom. The van der Waals surface area contributed by atoms with Crippen LogP contribution in [0.1, 0.15) is 13.8 Å². The minimum atomic E-state index is -0.715. The molecule has 6 unspecified atom stereocenters. The first-order chi connectivity index (χ1) is 7.54. The minimum absolute atomic E-state index is 0.0480. The maximum atomic E-state index is 12.0. The Labute approximate surface area is 92.6 Å². The van der Waals surface area contributed by atoms with Crippen LogP contribution >= 0.6 is 0 Å². The quantitative estimate of drug-likeness (QED) is 0.342. The average molecular weight is 220 g/mol. The summed E-state index contributed by atoms with van der Waals surface area (Å²) in [5.41, 5.74) is -0.983. The number of rotatable bonds is 0. The van der Waals surface area contributed by atoms with E-state index < -0.39 is 5.41 Å². The summed E-state index contributed by atoms with van der Waals surface area (Å²) in [6.45, 7) is 4.08. The van der Waals surface area contributed by atoms with Crippen LogP contribution in [-0.2, 0) is 19.1 Å². The van der Waals surface area contributed by atoms with E-state index in [0.717, 1.165) is 0 Å². The van der Waals surface area contributed by atoms with Crippen LogP contribution in [0, 0.1) is 22.7 Å². The molecule has 4 rings (SSSR count). The third-order valence-electron chi connectivity index (χ3n) is 5.30. The number of carbonyl (C=O) groups excluding carboxylic acids is 2. The Balaban J connectivity index is 1.95. The maximum Gasteiger partial charge on any atom is 0.324 e. The first kappa shape index (κ1) is 8.93. The van der Waals surface area contributed by atoms with Crippen molar-refractivity contribution in [1.29, 1.82) is 0 Å². The fourth-order valence-electron chi connectivity index (χ4n) is 4.26. The lowest BCUT2D eigenvalue weighted by Crippen LogP contribution is -2.45. The molecule has 4 heteroatoms. The zero-order valence-electron chi connectivity index (χ0n) is 9.10. The van der Waals surface area contributed by atoms with E-state index in [0.29, 0.717) is 0 Å². The molecule has 3 fully saturated rings. The third-order valence-corrected chi connectivity index (χ3v) is 5.30. The van der Waals surface area contributed by atoms with Gasteiger partial charge >= 0.3 is 11.9 Å². The average Bonchev–Trinajstić information content (AvgIpc) is 2.57. The predicted octanol–water partition coefficient (Wildman–Crippen LogP) is 0.666. The van der Waals surface area contributed by atoms with Gasteiger partial charge in [0, 0.05) is 5.41 Å². The van der Waals surface area contributed by atoms with E-state index in [1.54, 1.807) is 0 Å². The van der Waals surface area contributed by atoms with Crippen molar-refractivity contribution >= 4 is 11.9 Å². The lowest BCUT2D eigenvalue weighted by atomic mass is 9.77. The predicted molar refractivity (Wildman–Crippen MR) is 52.1 cm³/mol. The van der Waals surface area contributed by atoms with Crippen LogP contribution in [0.15, 0.2) is 12.2 Å². The molecular formula is C12H12O4. The molecule has 1 aliphatic carbocycles. The summed E-state index contributed by atoms with van der Waals surface area (Å²) < 4.78 is 10.5. The molecule has 4 nitrogen and oxygen atoms in total. The summed E-state index contributed by atoms with van der Waals surface area (Å²) in [4.78, 5) is 23.7. The van der Waals surface area contributed by atoms with Gasteiger partial charge in [0.1, 0.15) is 5.41 Å². The molecule has 0 aromatic heterocycles. The summed E-state index contributed by atoms with van der Waals surface area (Å²) >= 11 is 0. The highest BCUT2D eigenvalue weighted by Crippen LogP contribution is 2.81. The van der Waals surface area contributed by atoms with Gasteiger partial charge in [-0.05, 0) is 5.92 Å². The van der Waals surface area contributed by atoms with Gasteiger partial charge in [0.2, 0.25) is 0 Å². The number of fused-ring (bicyclic) bond motifs is 3. The SMILES string of the molecule is CC1C2C=CC(O2)C23C(=O)OC(=O)C2C13C. The van der Waals surface area contributed by atoms with E-state index in [-0.39, 0.29) is 41.4 Å². The molecule has 0 amide bonds. The van der Waals surface area contributed by atoms with Crippen molar-refractivity contribution in [3.05, 3.63) is 12.2 Å². The van der Waals surface area contributed by atoms with Crippen LogP contribution in [0.2, 0.25) is 0 Å². The molecular weight excluding hydrogens is 208 g/mol. The van der Waals surface area contributed by atoms with E-state index in [1.165, 1.54) is 0 Å². The standard InChI is InChI=1S/C12H12O4/c1-5-6-3-4-7(15-6)12-8(11(5,12)2)9(13)16-10(12)14/h3-8H,1-2H3. The largest absolute Gasteiger partial charge is 0.392 e. The van der Waals surface area contributed by atoms with Crippen molar-refractivity contribution in [3.8, 4) is 0 Å². The summed E-state index contributed by atoms with van der Waals surface area (Å²) in [5, 5.41) is 0. The topological polar surface area (TPSA) is 52.6 Å². The zero-order valence-corrected chi connectivity index (χ0v) is 9.10. The zero-order chi connectivity index (χ0) is 11.3. The van der Waals surface area contributed by atoms with E-state index in [9.17, 15) is 9.59 Å². The number of hydrogen-bond donors (Lipinski definition) is 0. The van der Waals surface area contributed by atoms with E-state index >= 15 is 0 Å². The molecule has 0 N–H and O–H groups in total. The Morgan fingerprint density at radius 2 is 2.06 bits per heavy atom.